The van der Waals surface area contributed by atoms with Crippen molar-refractivity contribution < 1.29 is 9.18 Å². The zero-order valence-electron chi connectivity index (χ0n) is 6.16. The van der Waals surface area contributed by atoms with Gasteiger partial charge >= 0.3 is 0 Å². The van der Waals surface area contributed by atoms with Crippen LogP contribution in [0.15, 0.2) is 23.4 Å². The second kappa shape index (κ2) is 3.71. The van der Waals surface area contributed by atoms with Crippen LogP contribution in [-0.2, 0) is 6.67 Å². The Balaban J connectivity index is 3.18. The molecule has 0 atom stereocenters. The molecule has 0 bridgehead atoms. The molecule has 0 aromatic heterocycles. The van der Waals surface area contributed by atoms with Gasteiger partial charge in [0, 0.05) is 11.1 Å². The number of aldehydes is 1. The summed E-state index contributed by atoms with van der Waals surface area (Å²) in [5.74, 6) is 0. The fraction of sp³-hybridized carbons (Fsp3) is 0.125. The normalized spacial score (nSPS) is 9.42. The highest BCUT2D eigenvalue weighted by molar-refractivity contribution is 5.76. The van der Waals surface area contributed by atoms with Crippen molar-refractivity contribution in [3.8, 4) is 0 Å². The lowest BCUT2D eigenvalue weighted by Gasteiger charge is -1.97. The molecule has 0 spiro atoms. The lowest BCUT2D eigenvalue weighted by atomic mass is 10.1. The van der Waals surface area contributed by atoms with E-state index in [9.17, 15) is 14.1 Å². The number of hydrogen-bond acceptors (Lipinski definition) is 3. The van der Waals surface area contributed by atoms with E-state index in [-0.39, 0.29) is 11.3 Å². The van der Waals surface area contributed by atoms with Gasteiger partial charge in [-0.2, -0.15) is 0 Å². The molecule has 0 aliphatic carbocycles. The standard InChI is InChI=1S/C8H6FNO2/c9-4-7-3-6(5-11)1-2-8(7)10-12/h1-3,5H,4H2. The Morgan fingerprint density at radius 1 is 1.50 bits per heavy atom. The third-order valence-electron chi connectivity index (χ3n) is 1.48. The quantitative estimate of drug-likeness (QED) is 0.512. The number of halogens is 1. The lowest BCUT2D eigenvalue weighted by molar-refractivity contribution is 0.112. The van der Waals surface area contributed by atoms with Gasteiger partial charge in [0.2, 0.25) is 0 Å². The van der Waals surface area contributed by atoms with E-state index in [4.69, 9.17) is 0 Å². The number of nitroso groups, excluding NO2 is 1. The van der Waals surface area contributed by atoms with Gasteiger partial charge in [0.15, 0.2) is 0 Å². The number of carbonyl (C=O) groups excluding carboxylic acids is 1. The van der Waals surface area contributed by atoms with Crippen LogP contribution in [0.1, 0.15) is 15.9 Å². The highest BCUT2D eigenvalue weighted by Gasteiger charge is 2.02. The highest BCUT2D eigenvalue weighted by Crippen LogP contribution is 2.20. The summed E-state index contributed by atoms with van der Waals surface area (Å²) >= 11 is 0. The van der Waals surface area contributed by atoms with Gasteiger partial charge in [-0.1, -0.05) is 0 Å². The summed E-state index contributed by atoms with van der Waals surface area (Å²) in [4.78, 5) is 20.3. The van der Waals surface area contributed by atoms with E-state index in [0.29, 0.717) is 11.8 Å². The number of rotatable bonds is 3. The van der Waals surface area contributed by atoms with E-state index < -0.39 is 6.67 Å². The minimum atomic E-state index is -0.789. The molecule has 0 fully saturated rings. The molecule has 12 heavy (non-hydrogen) atoms. The maximum Gasteiger partial charge on any atom is 0.150 e. The minimum absolute atomic E-state index is 0.0445. The van der Waals surface area contributed by atoms with Crippen molar-refractivity contribution in [2.24, 2.45) is 5.18 Å². The van der Waals surface area contributed by atoms with Gasteiger partial charge in [-0.25, -0.2) is 4.39 Å². The van der Waals surface area contributed by atoms with Crippen molar-refractivity contribution >= 4 is 12.0 Å². The van der Waals surface area contributed by atoms with Gasteiger partial charge in [-0.3, -0.25) is 4.79 Å². The number of hydrogen-bond donors (Lipinski definition) is 0. The highest BCUT2D eigenvalue weighted by atomic mass is 19.1. The van der Waals surface area contributed by atoms with Gasteiger partial charge in [-0.05, 0) is 23.4 Å². The van der Waals surface area contributed by atoms with Crippen LogP contribution in [0.5, 0.6) is 0 Å². The summed E-state index contributed by atoms with van der Waals surface area (Å²) in [5, 5.41) is 2.61. The molecule has 0 aliphatic heterocycles. The average molecular weight is 167 g/mol. The third kappa shape index (κ3) is 1.53. The average Bonchev–Trinajstić information content (AvgIpc) is 2.16. The van der Waals surface area contributed by atoms with Crippen molar-refractivity contribution in [2.75, 3.05) is 0 Å². The Hall–Kier alpha value is -1.58. The second-order valence-electron chi connectivity index (χ2n) is 2.23. The maximum atomic E-state index is 12.2. The summed E-state index contributed by atoms with van der Waals surface area (Å²) < 4.78 is 12.2. The molecule has 4 heteroatoms. The number of alkyl halides is 1. The molecule has 0 saturated carbocycles. The fourth-order valence-corrected chi connectivity index (χ4v) is 0.875. The van der Waals surface area contributed by atoms with Crippen molar-refractivity contribution in [3.05, 3.63) is 34.2 Å². The van der Waals surface area contributed by atoms with Crippen LogP contribution < -0.4 is 0 Å². The van der Waals surface area contributed by atoms with Crippen LogP contribution in [0, 0.1) is 4.91 Å². The smallest absolute Gasteiger partial charge is 0.150 e. The molecule has 0 saturated heterocycles. The molecular formula is C8H6FNO2. The Kier molecular flexibility index (Phi) is 2.63. The number of carbonyl (C=O) groups is 1. The van der Waals surface area contributed by atoms with Crippen LogP contribution >= 0.6 is 0 Å². The zero-order chi connectivity index (χ0) is 8.97. The Morgan fingerprint density at radius 3 is 2.75 bits per heavy atom. The largest absolute Gasteiger partial charge is 0.298 e. The molecule has 0 aliphatic rings. The minimum Gasteiger partial charge on any atom is -0.298 e. The Morgan fingerprint density at radius 2 is 2.25 bits per heavy atom. The van der Waals surface area contributed by atoms with Crippen molar-refractivity contribution in [3.63, 3.8) is 0 Å². The molecule has 1 aromatic rings. The number of nitrogens with zero attached hydrogens (tertiary/aromatic N) is 1. The first kappa shape index (κ1) is 8.52. The molecule has 1 aromatic carbocycles. The maximum absolute atomic E-state index is 12.2. The Labute approximate surface area is 68.2 Å². The van der Waals surface area contributed by atoms with Crippen molar-refractivity contribution in [1.82, 2.24) is 0 Å². The van der Waals surface area contributed by atoms with E-state index in [1.807, 2.05) is 0 Å². The summed E-state index contributed by atoms with van der Waals surface area (Å²) in [7, 11) is 0. The van der Waals surface area contributed by atoms with Crippen LogP contribution in [-0.4, -0.2) is 6.29 Å². The van der Waals surface area contributed by atoms with E-state index in [2.05, 4.69) is 5.18 Å². The van der Waals surface area contributed by atoms with Crippen LogP contribution in [0.25, 0.3) is 0 Å². The van der Waals surface area contributed by atoms with Gasteiger partial charge in [0.1, 0.15) is 18.6 Å². The van der Waals surface area contributed by atoms with E-state index in [0.717, 1.165) is 0 Å². The summed E-state index contributed by atoms with van der Waals surface area (Å²) in [6.45, 7) is -0.789. The van der Waals surface area contributed by atoms with Crippen LogP contribution in [0.3, 0.4) is 0 Å². The third-order valence-corrected chi connectivity index (χ3v) is 1.48. The second-order valence-corrected chi connectivity index (χ2v) is 2.23. The fourth-order valence-electron chi connectivity index (χ4n) is 0.875. The first-order valence-electron chi connectivity index (χ1n) is 3.29. The predicted octanol–water partition coefficient (Wildman–Crippen LogP) is 2.37. The molecular weight excluding hydrogens is 161 g/mol. The van der Waals surface area contributed by atoms with Crippen molar-refractivity contribution in [1.29, 1.82) is 0 Å². The van der Waals surface area contributed by atoms with E-state index in [1.165, 1.54) is 18.2 Å². The summed E-state index contributed by atoms with van der Waals surface area (Å²) in [5.41, 5.74) is 0.535. The van der Waals surface area contributed by atoms with Crippen LogP contribution in [0.4, 0.5) is 10.1 Å². The Bertz CT molecular complexity index is 312. The molecule has 3 nitrogen and oxygen atoms in total. The van der Waals surface area contributed by atoms with E-state index >= 15 is 0 Å². The first-order chi connectivity index (χ1) is 5.81. The molecule has 0 heterocycles. The summed E-state index contributed by atoms with van der Waals surface area (Å²) in [6, 6.07) is 4.05. The molecule has 0 N–H and O–H groups in total. The van der Waals surface area contributed by atoms with Gasteiger partial charge < -0.3 is 0 Å². The zero-order valence-corrected chi connectivity index (χ0v) is 6.16. The van der Waals surface area contributed by atoms with Gasteiger partial charge in [0.05, 0.1) is 0 Å². The first-order valence-corrected chi connectivity index (χ1v) is 3.29. The number of benzene rings is 1. The monoisotopic (exact) mass is 167 g/mol. The molecule has 62 valence electrons. The van der Waals surface area contributed by atoms with Gasteiger partial charge in [0.25, 0.3) is 0 Å². The van der Waals surface area contributed by atoms with E-state index in [1.54, 1.807) is 0 Å². The molecule has 0 radical (unpaired) electrons. The van der Waals surface area contributed by atoms with Crippen LogP contribution in [0.2, 0.25) is 0 Å². The topological polar surface area (TPSA) is 46.5 Å². The summed E-state index contributed by atoms with van der Waals surface area (Å²) in [6.07, 6.45) is 0.591. The molecule has 0 amide bonds. The SMILES string of the molecule is O=Cc1ccc(N=O)c(CF)c1. The molecule has 1 rings (SSSR count). The predicted molar refractivity (Wildman–Crippen MR) is 42.1 cm³/mol. The van der Waals surface area contributed by atoms with Crippen molar-refractivity contribution in [2.45, 2.75) is 6.67 Å². The molecule has 0 unspecified atom stereocenters. The van der Waals surface area contributed by atoms with Gasteiger partial charge in [-0.15, -0.1) is 4.91 Å². The lowest BCUT2D eigenvalue weighted by Crippen LogP contribution is -1.84.